The van der Waals surface area contributed by atoms with Crippen LogP contribution in [0.2, 0.25) is 0 Å². The molecule has 3 amide bonds. The molecule has 0 unspecified atom stereocenters. The number of nitrogens with one attached hydrogen (secondary N) is 2. The molecule has 6 heteroatoms. The van der Waals surface area contributed by atoms with Crippen LogP contribution in [0.3, 0.4) is 0 Å². The van der Waals surface area contributed by atoms with Gasteiger partial charge in [-0.3, -0.25) is 4.79 Å². The van der Waals surface area contributed by atoms with E-state index in [1.54, 1.807) is 12.0 Å². The van der Waals surface area contributed by atoms with Crippen LogP contribution in [-0.4, -0.2) is 31.6 Å². The van der Waals surface area contributed by atoms with E-state index in [4.69, 9.17) is 4.74 Å². The summed E-state index contributed by atoms with van der Waals surface area (Å²) in [5.74, 6) is 0.748. The van der Waals surface area contributed by atoms with Gasteiger partial charge in [0.15, 0.2) is 0 Å². The molecule has 1 atom stereocenters. The summed E-state index contributed by atoms with van der Waals surface area (Å²) in [6.45, 7) is 2.84. The van der Waals surface area contributed by atoms with E-state index in [1.165, 1.54) is 0 Å². The quantitative estimate of drug-likeness (QED) is 0.868. The Bertz CT molecular complexity index is 789. The average Bonchev–Trinajstić information content (AvgIpc) is 3.01. The number of para-hydroxylation sites is 1. The van der Waals surface area contributed by atoms with Gasteiger partial charge >= 0.3 is 6.03 Å². The second-order valence-electron chi connectivity index (χ2n) is 6.38. The molecule has 26 heavy (non-hydrogen) atoms. The zero-order valence-electron chi connectivity index (χ0n) is 15.0. The zero-order chi connectivity index (χ0) is 18.5. The topological polar surface area (TPSA) is 70.7 Å². The second-order valence-corrected chi connectivity index (χ2v) is 6.38. The molecular weight excluding hydrogens is 330 g/mol. The molecule has 136 valence electrons. The van der Waals surface area contributed by atoms with Crippen molar-refractivity contribution in [3.05, 3.63) is 59.7 Å². The van der Waals surface area contributed by atoms with Gasteiger partial charge in [-0.05, 0) is 25.1 Å². The Morgan fingerprint density at radius 1 is 1.19 bits per heavy atom. The third kappa shape index (κ3) is 4.14. The fraction of sp³-hybridized carbons (Fsp3) is 0.300. The Labute approximate surface area is 153 Å². The third-order valence-electron chi connectivity index (χ3n) is 4.44. The van der Waals surface area contributed by atoms with Crippen molar-refractivity contribution in [2.24, 2.45) is 0 Å². The van der Waals surface area contributed by atoms with Gasteiger partial charge < -0.3 is 20.3 Å². The molecular formula is C20H23N3O3. The Hall–Kier alpha value is -3.02. The summed E-state index contributed by atoms with van der Waals surface area (Å²) in [5.41, 5.74) is 2.90. The highest BCUT2D eigenvalue weighted by molar-refractivity contribution is 5.96. The number of urea groups is 1. The second kappa shape index (κ2) is 7.91. The van der Waals surface area contributed by atoms with E-state index in [0.29, 0.717) is 19.5 Å². The highest BCUT2D eigenvalue weighted by Crippen LogP contribution is 2.22. The molecule has 0 spiro atoms. The van der Waals surface area contributed by atoms with E-state index < -0.39 is 0 Å². The summed E-state index contributed by atoms with van der Waals surface area (Å²) in [5, 5.41) is 5.69. The lowest BCUT2D eigenvalue weighted by Crippen LogP contribution is -2.43. The van der Waals surface area contributed by atoms with Gasteiger partial charge in [0, 0.05) is 30.8 Å². The SMILES string of the molecule is COc1ccccc1CNC(=O)N[C@@H]1CC(=O)N(c2ccc(C)cc2)C1. The monoisotopic (exact) mass is 353 g/mol. The molecule has 2 aromatic carbocycles. The fourth-order valence-corrected chi connectivity index (χ4v) is 3.04. The van der Waals surface area contributed by atoms with Crippen LogP contribution in [0.25, 0.3) is 0 Å². The van der Waals surface area contributed by atoms with Crippen LogP contribution in [0, 0.1) is 6.92 Å². The molecule has 0 radical (unpaired) electrons. The van der Waals surface area contributed by atoms with E-state index in [9.17, 15) is 9.59 Å². The smallest absolute Gasteiger partial charge is 0.315 e. The van der Waals surface area contributed by atoms with Gasteiger partial charge in [-0.25, -0.2) is 4.79 Å². The highest BCUT2D eigenvalue weighted by atomic mass is 16.5. The van der Waals surface area contributed by atoms with Crippen molar-refractivity contribution in [3.63, 3.8) is 0 Å². The number of hydrogen-bond donors (Lipinski definition) is 2. The minimum absolute atomic E-state index is 0.0175. The maximum Gasteiger partial charge on any atom is 0.315 e. The zero-order valence-corrected chi connectivity index (χ0v) is 15.0. The molecule has 1 saturated heterocycles. The van der Waals surface area contributed by atoms with Gasteiger partial charge in [-0.15, -0.1) is 0 Å². The van der Waals surface area contributed by atoms with E-state index >= 15 is 0 Å². The first-order valence-electron chi connectivity index (χ1n) is 8.60. The molecule has 1 fully saturated rings. The number of aryl methyl sites for hydroxylation is 1. The predicted molar refractivity (Wildman–Crippen MR) is 100 cm³/mol. The number of carbonyl (C=O) groups is 2. The van der Waals surface area contributed by atoms with Gasteiger partial charge in [-0.1, -0.05) is 35.9 Å². The highest BCUT2D eigenvalue weighted by Gasteiger charge is 2.31. The molecule has 2 N–H and O–H groups in total. The summed E-state index contributed by atoms with van der Waals surface area (Å²) in [6.07, 6.45) is 0.302. The largest absolute Gasteiger partial charge is 0.496 e. The van der Waals surface area contributed by atoms with Crippen molar-refractivity contribution >= 4 is 17.6 Å². The van der Waals surface area contributed by atoms with E-state index in [2.05, 4.69) is 10.6 Å². The van der Waals surface area contributed by atoms with Crippen LogP contribution in [0.15, 0.2) is 48.5 Å². The van der Waals surface area contributed by atoms with Crippen LogP contribution in [0.1, 0.15) is 17.5 Å². The Balaban J connectivity index is 1.53. The van der Waals surface area contributed by atoms with Crippen molar-refractivity contribution in [3.8, 4) is 5.75 Å². The fourth-order valence-electron chi connectivity index (χ4n) is 3.04. The summed E-state index contributed by atoms with van der Waals surface area (Å²) < 4.78 is 5.27. The summed E-state index contributed by atoms with van der Waals surface area (Å²) in [4.78, 5) is 26.1. The van der Waals surface area contributed by atoms with E-state index in [1.807, 2.05) is 55.5 Å². The first-order chi connectivity index (χ1) is 12.6. The van der Waals surface area contributed by atoms with Crippen molar-refractivity contribution < 1.29 is 14.3 Å². The van der Waals surface area contributed by atoms with Crippen molar-refractivity contribution in [2.75, 3.05) is 18.6 Å². The van der Waals surface area contributed by atoms with Crippen LogP contribution >= 0.6 is 0 Å². The van der Waals surface area contributed by atoms with E-state index in [-0.39, 0.29) is 18.0 Å². The Morgan fingerprint density at radius 3 is 2.65 bits per heavy atom. The van der Waals surface area contributed by atoms with Gasteiger partial charge in [0.2, 0.25) is 5.91 Å². The number of carbonyl (C=O) groups excluding carboxylic acids is 2. The normalized spacial score (nSPS) is 16.5. The molecule has 0 saturated carbocycles. The standard InChI is InChI=1S/C20H23N3O3/c1-14-7-9-17(10-8-14)23-13-16(11-19(23)24)22-20(25)21-12-15-5-3-4-6-18(15)26-2/h3-10,16H,11-13H2,1-2H3,(H2,21,22,25)/t16-/m1/s1. The number of nitrogens with zero attached hydrogens (tertiary/aromatic N) is 1. The summed E-state index contributed by atoms with van der Waals surface area (Å²) >= 11 is 0. The first-order valence-corrected chi connectivity index (χ1v) is 8.60. The third-order valence-corrected chi connectivity index (χ3v) is 4.44. The number of anilines is 1. The maximum atomic E-state index is 12.3. The maximum absolute atomic E-state index is 12.3. The average molecular weight is 353 g/mol. The number of hydrogen-bond acceptors (Lipinski definition) is 3. The van der Waals surface area contributed by atoms with Crippen LogP contribution < -0.4 is 20.3 Å². The van der Waals surface area contributed by atoms with Crippen molar-refractivity contribution in [1.82, 2.24) is 10.6 Å². The minimum atomic E-state index is -0.292. The molecule has 3 rings (SSSR count). The summed E-state index contributed by atoms with van der Waals surface area (Å²) in [7, 11) is 1.60. The van der Waals surface area contributed by atoms with Crippen LogP contribution in [0.4, 0.5) is 10.5 Å². The molecule has 0 bridgehead atoms. The van der Waals surface area contributed by atoms with Crippen molar-refractivity contribution in [2.45, 2.75) is 25.9 Å². The predicted octanol–water partition coefficient (Wildman–Crippen LogP) is 2.61. The van der Waals surface area contributed by atoms with Crippen LogP contribution in [-0.2, 0) is 11.3 Å². The Morgan fingerprint density at radius 2 is 1.92 bits per heavy atom. The number of amides is 3. The van der Waals surface area contributed by atoms with Gasteiger partial charge in [-0.2, -0.15) is 0 Å². The number of ether oxygens (including phenoxy) is 1. The first kappa shape index (κ1) is 17.8. The number of methoxy groups -OCH3 is 1. The number of benzene rings is 2. The molecule has 1 aliphatic heterocycles. The molecule has 6 nitrogen and oxygen atoms in total. The van der Waals surface area contributed by atoms with Gasteiger partial charge in [0.1, 0.15) is 5.75 Å². The molecule has 0 aromatic heterocycles. The lowest BCUT2D eigenvalue weighted by Gasteiger charge is -2.18. The molecule has 1 aliphatic rings. The molecule has 1 heterocycles. The lowest BCUT2D eigenvalue weighted by atomic mass is 10.2. The van der Waals surface area contributed by atoms with Crippen molar-refractivity contribution in [1.29, 1.82) is 0 Å². The van der Waals surface area contributed by atoms with E-state index in [0.717, 1.165) is 22.6 Å². The van der Waals surface area contributed by atoms with Gasteiger partial charge in [0.25, 0.3) is 0 Å². The van der Waals surface area contributed by atoms with Gasteiger partial charge in [0.05, 0.1) is 13.2 Å². The summed E-state index contributed by atoms with van der Waals surface area (Å²) in [6, 6.07) is 14.8. The number of rotatable bonds is 5. The van der Waals surface area contributed by atoms with Crippen LogP contribution in [0.5, 0.6) is 5.75 Å². The lowest BCUT2D eigenvalue weighted by molar-refractivity contribution is -0.117. The molecule has 0 aliphatic carbocycles. The Kier molecular flexibility index (Phi) is 5.41. The molecule has 2 aromatic rings. The minimum Gasteiger partial charge on any atom is -0.496 e.